The van der Waals surface area contributed by atoms with Gasteiger partial charge < -0.3 is 29.8 Å². The second-order valence-corrected chi connectivity index (χ2v) is 10.8. The van der Waals surface area contributed by atoms with E-state index in [0.29, 0.717) is 69.1 Å². The molecule has 1 unspecified atom stereocenters. The minimum Gasteiger partial charge on any atom is -0.479 e. The lowest BCUT2D eigenvalue weighted by Crippen LogP contribution is -2.40. The molecule has 0 spiro atoms. The number of carbonyl (C=O) groups excluding carboxylic acids is 1. The van der Waals surface area contributed by atoms with Crippen LogP contribution in [-0.4, -0.2) is 87.3 Å². The molecule has 3 N–H and O–H groups in total. The third-order valence-corrected chi connectivity index (χ3v) is 7.83. The number of aryl methyl sites for hydroxylation is 1. The van der Waals surface area contributed by atoms with Crippen LogP contribution in [0.1, 0.15) is 45.0 Å². The molecule has 4 aromatic rings. The number of amides is 1. The third kappa shape index (κ3) is 7.83. The highest BCUT2D eigenvalue weighted by molar-refractivity contribution is 6.06. The molecule has 0 aliphatic heterocycles. The number of aliphatic carboxylic acids is 1. The molecule has 2 aromatic carbocycles. The Balaban J connectivity index is 1.60. The van der Waals surface area contributed by atoms with Crippen LogP contribution in [0.5, 0.6) is 5.75 Å². The SMILES string of the molecule is CCC(Oc1cccc(CN(CCCn2c(CCOC)nc3c(N)nc4ccccc4c32)C(=O)CN(CC)CC)c1)C(=O)O. The molecule has 2 aromatic heterocycles. The lowest BCUT2D eigenvalue weighted by Gasteiger charge is -2.27. The van der Waals surface area contributed by atoms with Gasteiger partial charge in [-0.25, -0.2) is 14.8 Å². The van der Waals surface area contributed by atoms with Gasteiger partial charge in [0.15, 0.2) is 11.9 Å². The number of methoxy groups -OCH3 is 1. The second kappa shape index (κ2) is 15.5. The third-order valence-electron chi connectivity index (χ3n) is 7.83. The highest BCUT2D eigenvalue weighted by atomic mass is 16.5. The Morgan fingerprint density at radius 1 is 1.07 bits per heavy atom. The van der Waals surface area contributed by atoms with Gasteiger partial charge in [0.1, 0.15) is 17.1 Å². The van der Waals surface area contributed by atoms with E-state index >= 15 is 0 Å². The van der Waals surface area contributed by atoms with Crippen molar-refractivity contribution in [2.24, 2.45) is 0 Å². The summed E-state index contributed by atoms with van der Waals surface area (Å²) in [4.78, 5) is 38.5. The maximum atomic E-state index is 13.6. The van der Waals surface area contributed by atoms with E-state index in [9.17, 15) is 14.7 Å². The van der Waals surface area contributed by atoms with Crippen LogP contribution in [0.15, 0.2) is 48.5 Å². The molecule has 1 amide bonds. The summed E-state index contributed by atoms with van der Waals surface area (Å²) >= 11 is 0. The van der Waals surface area contributed by atoms with Crippen molar-refractivity contribution < 1.29 is 24.2 Å². The molecule has 0 saturated heterocycles. The van der Waals surface area contributed by atoms with Crippen molar-refractivity contribution in [2.75, 3.05) is 45.6 Å². The quantitative estimate of drug-likeness (QED) is 0.180. The number of fused-ring (bicyclic) bond motifs is 3. The number of imidazole rings is 1. The predicted octanol–water partition coefficient (Wildman–Crippen LogP) is 4.36. The molecular formula is C33H44N6O5. The van der Waals surface area contributed by atoms with Gasteiger partial charge in [0.25, 0.3) is 0 Å². The number of carboxylic acids is 1. The predicted molar refractivity (Wildman–Crippen MR) is 172 cm³/mol. The molecule has 0 saturated carbocycles. The lowest BCUT2D eigenvalue weighted by molar-refractivity contribution is -0.145. The van der Waals surface area contributed by atoms with Crippen molar-refractivity contribution in [2.45, 2.75) is 59.2 Å². The number of carboxylic acid groups (broad SMARTS) is 1. The average molecular weight is 605 g/mol. The minimum absolute atomic E-state index is 0.0333. The lowest BCUT2D eigenvalue weighted by atomic mass is 10.1. The van der Waals surface area contributed by atoms with Crippen LogP contribution in [0.2, 0.25) is 0 Å². The molecule has 1 atom stereocenters. The molecular weight excluding hydrogens is 560 g/mol. The number of rotatable bonds is 17. The molecule has 236 valence electrons. The van der Waals surface area contributed by atoms with Crippen LogP contribution < -0.4 is 10.5 Å². The second-order valence-electron chi connectivity index (χ2n) is 10.8. The van der Waals surface area contributed by atoms with Gasteiger partial charge in [-0.1, -0.05) is 51.1 Å². The number of hydrogen-bond donors (Lipinski definition) is 2. The first kappa shape index (κ1) is 32.7. The van der Waals surface area contributed by atoms with E-state index in [2.05, 4.69) is 14.5 Å². The topological polar surface area (TPSA) is 136 Å². The number of nitrogen functional groups attached to an aromatic ring is 1. The first-order valence-corrected chi connectivity index (χ1v) is 15.3. The van der Waals surface area contributed by atoms with Crippen molar-refractivity contribution in [3.05, 3.63) is 59.9 Å². The van der Waals surface area contributed by atoms with Gasteiger partial charge in [0.2, 0.25) is 5.91 Å². The van der Waals surface area contributed by atoms with Gasteiger partial charge in [0.05, 0.1) is 24.2 Å². The van der Waals surface area contributed by atoms with Gasteiger partial charge in [-0.15, -0.1) is 0 Å². The molecule has 0 fully saturated rings. The van der Waals surface area contributed by atoms with Crippen LogP contribution in [0.3, 0.4) is 0 Å². The summed E-state index contributed by atoms with van der Waals surface area (Å²) in [6, 6.07) is 15.2. The fraction of sp³-hybridized carbons (Fsp3) is 0.455. The van der Waals surface area contributed by atoms with Gasteiger partial charge in [-0.3, -0.25) is 9.69 Å². The fourth-order valence-corrected chi connectivity index (χ4v) is 5.39. The monoisotopic (exact) mass is 604 g/mol. The minimum atomic E-state index is -1.00. The van der Waals surface area contributed by atoms with Crippen molar-refractivity contribution in [3.8, 4) is 5.75 Å². The standard InChI is InChI=1S/C33H44N6O5/c1-5-27(33(41)42)44-24-13-10-12-23(20-24)21-38(29(40)22-37(6-2)7-3)17-11-18-39-28(16-19-43-4)36-30-31(39)25-14-8-9-15-26(25)35-32(30)34/h8-10,12-15,20,27H,5-7,11,16-19,21-22H2,1-4H3,(H2,34,35)(H,41,42). The molecule has 11 heteroatoms. The zero-order chi connectivity index (χ0) is 31.6. The average Bonchev–Trinajstić information content (AvgIpc) is 3.40. The number of anilines is 1. The molecule has 0 bridgehead atoms. The number of pyridine rings is 1. The van der Waals surface area contributed by atoms with Gasteiger partial charge in [-0.2, -0.15) is 0 Å². The number of likely N-dealkylation sites (N-methyl/N-ethyl adjacent to an activating group) is 1. The van der Waals surface area contributed by atoms with E-state index in [4.69, 9.17) is 20.2 Å². The highest BCUT2D eigenvalue weighted by Gasteiger charge is 2.21. The first-order chi connectivity index (χ1) is 21.3. The number of carbonyl (C=O) groups is 2. The number of ether oxygens (including phenoxy) is 2. The summed E-state index contributed by atoms with van der Waals surface area (Å²) in [6.07, 6.45) is 0.716. The van der Waals surface area contributed by atoms with E-state index in [-0.39, 0.29) is 5.91 Å². The fourth-order valence-electron chi connectivity index (χ4n) is 5.39. The summed E-state index contributed by atoms with van der Waals surface area (Å²) in [6.45, 7) is 9.77. The van der Waals surface area contributed by atoms with Crippen molar-refractivity contribution >= 4 is 39.6 Å². The number of para-hydroxylation sites is 1. The van der Waals surface area contributed by atoms with Crippen molar-refractivity contribution in [1.29, 1.82) is 0 Å². The zero-order valence-electron chi connectivity index (χ0n) is 26.2. The van der Waals surface area contributed by atoms with Crippen LogP contribution in [0.25, 0.3) is 21.9 Å². The largest absolute Gasteiger partial charge is 0.479 e. The zero-order valence-corrected chi connectivity index (χ0v) is 26.2. The molecule has 2 heterocycles. The molecule has 0 aliphatic rings. The van der Waals surface area contributed by atoms with E-state index < -0.39 is 12.1 Å². The summed E-state index contributed by atoms with van der Waals surface area (Å²) < 4.78 is 13.3. The van der Waals surface area contributed by atoms with E-state index in [1.165, 1.54) is 0 Å². The number of benzene rings is 2. The smallest absolute Gasteiger partial charge is 0.344 e. The Kier molecular flexibility index (Phi) is 11.5. The Morgan fingerprint density at radius 2 is 1.84 bits per heavy atom. The summed E-state index contributed by atoms with van der Waals surface area (Å²) in [7, 11) is 1.67. The van der Waals surface area contributed by atoms with Crippen LogP contribution in [-0.2, 0) is 33.8 Å². The molecule has 44 heavy (non-hydrogen) atoms. The van der Waals surface area contributed by atoms with Gasteiger partial charge in [-0.05, 0) is 49.7 Å². The number of nitrogens with two attached hydrogens (primary N) is 1. The number of nitrogens with zero attached hydrogens (tertiary/aromatic N) is 5. The Bertz CT molecular complexity index is 1570. The molecule has 4 rings (SSSR count). The maximum absolute atomic E-state index is 13.6. The summed E-state index contributed by atoms with van der Waals surface area (Å²) in [5.74, 6) is 0.754. The van der Waals surface area contributed by atoms with Crippen LogP contribution in [0, 0.1) is 0 Å². The van der Waals surface area contributed by atoms with Crippen molar-refractivity contribution in [1.82, 2.24) is 24.3 Å². The van der Waals surface area contributed by atoms with Gasteiger partial charge >= 0.3 is 5.97 Å². The molecule has 0 radical (unpaired) electrons. The Hall–Kier alpha value is -4.22. The highest BCUT2D eigenvalue weighted by Crippen LogP contribution is 2.29. The number of aromatic nitrogens is 3. The van der Waals surface area contributed by atoms with Gasteiger partial charge in [0, 0.05) is 38.6 Å². The Labute approximate surface area is 258 Å². The summed E-state index contributed by atoms with van der Waals surface area (Å²) in [5.41, 5.74) is 9.65. The van der Waals surface area contributed by atoms with Crippen LogP contribution in [0.4, 0.5) is 5.82 Å². The first-order valence-electron chi connectivity index (χ1n) is 15.3. The Morgan fingerprint density at radius 3 is 2.55 bits per heavy atom. The molecule has 11 nitrogen and oxygen atoms in total. The number of hydrogen-bond acceptors (Lipinski definition) is 8. The summed E-state index contributed by atoms with van der Waals surface area (Å²) in [5, 5.41) is 10.4. The van der Waals surface area contributed by atoms with E-state index in [0.717, 1.165) is 40.9 Å². The normalized spacial score (nSPS) is 12.2. The van der Waals surface area contributed by atoms with Crippen molar-refractivity contribution in [3.63, 3.8) is 0 Å². The maximum Gasteiger partial charge on any atom is 0.344 e. The van der Waals surface area contributed by atoms with E-state index in [1.807, 2.05) is 61.2 Å². The van der Waals surface area contributed by atoms with E-state index in [1.54, 1.807) is 20.1 Å². The van der Waals surface area contributed by atoms with Crippen LogP contribution >= 0.6 is 0 Å². The molecule has 0 aliphatic carbocycles.